The number of nitrogens with zero attached hydrogens (tertiary/aromatic N) is 1. The number of halogens is 1. The van der Waals surface area contributed by atoms with Crippen LogP contribution < -0.4 is 5.73 Å². The highest BCUT2D eigenvalue weighted by Gasteiger charge is 2.05. The number of carbonyl (C=O) groups excluding carboxylic acids is 1. The second-order valence-corrected chi connectivity index (χ2v) is 3.07. The van der Waals surface area contributed by atoms with E-state index >= 15 is 0 Å². The van der Waals surface area contributed by atoms with E-state index in [0.29, 0.717) is 5.69 Å². The van der Waals surface area contributed by atoms with Crippen molar-refractivity contribution in [2.24, 2.45) is 12.8 Å². The molecule has 0 spiro atoms. The zero-order valence-electron chi connectivity index (χ0n) is 5.47. The van der Waals surface area contributed by atoms with Crippen molar-refractivity contribution in [1.29, 1.82) is 0 Å². The van der Waals surface area contributed by atoms with Crippen LogP contribution in [0.25, 0.3) is 0 Å². The molecule has 0 atom stereocenters. The molecule has 0 aliphatic heterocycles. The van der Waals surface area contributed by atoms with E-state index in [-0.39, 0.29) is 5.91 Å². The van der Waals surface area contributed by atoms with Crippen molar-refractivity contribution in [3.8, 4) is 0 Å². The van der Waals surface area contributed by atoms with Crippen molar-refractivity contribution >= 4 is 28.5 Å². The number of nitrogens with two attached hydrogens (primary N) is 1. The molecule has 0 fully saturated rings. The molecule has 3 nitrogen and oxygen atoms in total. The van der Waals surface area contributed by atoms with Crippen molar-refractivity contribution in [2.45, 2.75) is 0 Å². The predicted molar refractivity (Wildman–Crippen MR) is 46.6 cm³/mol. The minimum Gasteiger partial charge on any atom is -0.364 e. The van der Waals surface area contributed by atoms with Crippen LogP contribution in [0.4, 0.5) is 0 Å². The van der Waals surface area contributed by atoms with Crippen molar-refractivity contribution < 1.29 is 4.79 Å². The smallest absolute Gasteiger partial charge is 0.265 e. The molecule has 1 rings (SSSR count). The van der Waals surface area contributed by atoms with Crippen LogP contribution in [0.1, 0.15) is 10.5 Å². The number of hydrogen-bond donors (Lipinski definition) is 1. The maximum Gasteiger partial charge on any atom is 0.265 e. The average molecular weight is 250 g/mol. The summed E-state index contributed by atoms with van der Waals surface area (Å²) in [6, 6.07) is 3.56. The van der Waals surface area contributed by atoms with Gasteiger partial charge in [-0.1, -0.05) is 0 Å². The largest absolute Gasteiger partial charge is 0.364 e. The fraction of sp³-hybridized carbons (Fsp3) is 0.167. The zero-order valence-corrected chi connectivity index (χ0v) is 7.62. The van der Waals surface area contributed by atoms with Gasteiger partial charge in [0, 0.05) is 7.05 Å². The van der Waals surface area contributed by atoms with Crippen LogP contribution in [0, 0.1) is 3.70 Å². The van der Waals surface area contributed by atoms with Gasteiger partial charge in [-0.15, -0.1) is 0 Å². The van der Waals surface area contributed by atoms with Gasteiger partial charge in [0.1, 0.15) is 5.69 Å². The number of aromatic nitrogens is 1. The maximum absolute atomic E-state index is 10.6. The third-order valence-electron chi connectivity index (χ3n) is 1.31. The summed E-state index contributed by atoms with van der Waals surface area (Å²) in [5.74, 6) is -0.384. The molecule has 0 unspecified atom stereocenters. The molecular weight excluding hydrogens is 243 g/mol. The van der Waals surface area contributed by atoms with Gasteiger partial charge in [0.25, 0.3) is 5.91 Å². The lowest BCUT2D eigenvalue weighted by molar-refractivity contribution is 0.0992. The first kappa shape index (κ1) is 7.59. The van der Waals surface area contributed by atoms with Crippen molar-refractivity contribution in [1.82, 2.24) is 4.57 Å². The standard InChI is InChI=1S/C6H7IN2O/c1-9-4(6(8)10)2-3-5(9)7/h2-3H,1H3,(H2,8,10). The number of amides is 1. The highest BCUT2D eigenvalue weighted by Crippen LogP contribution is 2.08. The van der Waals surface area contributed by atoms with E-state index in [9.17, 15) is 4.79 Å². The summed E-state index contributed by atoms with van der Waals surface area (Å²) in [5.41, 5.74) is 5.61. The van der Waals surface area contributed by atoms with Crippen LogP contribution in [0.5, 0.6) is 0 Å². The first-order valence-corrected chi connectivity index (χ1v) is 3.82. The molecule has 0 bridgehead atoms. The van der Waals surface area contributed by atoms with E-state index in [1.54, 1.807) is 10.6 Å². The Morgan fingerprint density at radius 3 is 2.50 bits per heavy atom. The Balaban J connectivity index is 3.17. The van der Waals surface area contributed by atoms with Gasteiger partial charge < -0.3 is 10.3 Å². The van der Waals surface area contributed by atoms with Crippen LogP contribution >= 0.6 is 22.6 Å². The lowest BCUT2D eigenvalue weighted by Gasteiger charge is -1.97. The number of primary amides is 1. The van der Waals surface area contributed by atoms with Crippen LogP contribution in [-0.4, -0.2) is 10.5 Å². The highest BCUT2D eigenvalue weighted by atomic mass is 127. The topological polar surface area (TPSA) is 48.0 Å². The fourth-order valence-electron chi connectivity index (χ4n) is 0.734. The number of hydrogen-bond acceptors (Lipinski definition) is 1. The molecule has 1 amide bonds. The van der Waals surface area contributed by atoms with Gasteiger partial charge in [-0.05, 0) is 34.7 Å². The summed E-state index contributed by atoms with van der Waals surface area (Å²) in [7, 11) is 1.81. The summed E-state index contributed by atoms with van der Waals surface area (Å²) in [5, 5.41) is 0. The molecule has 0 aromatic carbocycles. The second kappa shape index (κ2) is 2.61. The number of carbonyl (C=O) groups is 1. The SMILES string of the molecule is Cn1c(I)ccc1C(N)=O. The van der Waals surface area contributed by atoms with Crippen LogP contribution in [-0.2, 0) is 7.05 Å². The molecule has 0 aliphatic carbocycles. The van der Waals surface area contributed by atoms with Crippen molar-refractivity contribution in [2.75, 3.05) is 0 Å². The molecule has 0 aliphatic rings. The molecule has 10 heavy (non-hydrogen) atoms. The third kappa shape index (κ3) is 1.16. The highest BCUT2D eigenvalue weighted by molar-refractivity contribution is 14.1. The lowest BCUT2D eigenvalue weighted by atomic mass is 10.4. The Bertz CT molecular complexity index is 267. The zero-order chi connectivity index (χ0) is 7.72. The van der Waals surface area contributed by atoms with Crippen molar-refractivity contribution in [3.05, 3.63) is 21.5 Å². The first-order valence-electron chi connectivity index (χ1n) is 2.74. The lowest BCUT2D eigenvalue weighted by Crippen LogP contribution is -2.15. The number of rotatable bonds is 1. The summed E-state index contributed by atoms with van der Waals surface area (Å²) < 4.78 is 2.76. The van der Waals surface area contributed by atoms with Crippen LogP contribution in [0.3, 0.4) is 0 Å². The van der Waals surface area contributed by atoms with Gasteiger partial charge in [-0.25, -0.2) is 0 Å². The van der Waals surface area contributed by atoms with E-state index in [2.05, 4.69) is 22.6 Å². The summed E-state index contributed by atoms with van der Waals surface area (Å²) in [4.78, 5) is 10.6. The van der Waals surface area contributed by atoms with Crippen LogP contribution in [0.2, 0.25) is 0 Å². The molecule has 0 saturated heterocycles. The van der Waals surface area contributed by atoms with E-state index < -0.39 is 0 Å². The predicted octanol–water partition coefficient (Wildman–Crippen LogP) is 0.729. The van der Waals surface area contributed by atoms with Gasteiger partial charge in [-0.2, -0.15) is 0 Å². The Labute approximate surface area is 72.3 Å². The summed E-state index contributed by atoms with van der Waals surface area (Å²) >= 11 is 2.13. The first-order chi connectivity index (χ1) is 4.63. The van der Waals surface area contributed by atoms with Gasteiger partial charge in [0.05, 0.1) is 3.70 Å². The molecule has 2 N–H and O–H groups in total. The molecule has 1 aromatic rings. The third-order valence-corrected chi connectivity index (χ3v) is 2.40. The van der Waals surface area contributed by atoms with E-state index in [4.69, 9.17) is 5.73 Å². The Morgan fingerprint density at radius 2 is 2.30 bits per heavy atom. The Morgan fingerprint density at radius 1 is 1.70 bits per heavy atom. The summed E-state index contributed by atoms with van der Waals surface area (Å²) in [6.45, 7) is 0. The van der Waals surface area contributed by atoms with Gasteiger partial charge in [-0.3, -0.25) is 4.79 Å². The minimum absolute atomic E-state index is 0.384. The Kier molecular flexibility index (Phi) is 1.98. The molecule has 0 radical (unpaired) electrons. The molecule has 1 heterocycles. The maximum atomic E-state index is 10.6. The van der Waals surface area contributed by atoms with E-state index in [1.807, 2.05) is 13.1 Å². The molecule has 0 saturated carbocycles. The minimum atomic E-state index is -0.384. The van der Waals surface area contributed by atoms with Gasteiger partial charge >= 0.3 is 0 Å². The monoisotopic (exact) mass is 250 g/mol. The Hall–Kier alpha value is -0.520. The van der Waals surface area contributed by atoms with Gasteiger partial charge in [0.15, 0.2) is 0 Å². The van der Waals surface area contributed by atoms with E-state index in [0.717, 1.165) is 3.70 Å². The van der Waals surface area contributed by atoms with Crippen LogP contribution in [0.15, 0.2) is 12.1 Å². The molecule has 54 valence electrons. The van der Waals surface area contributed by atoms with Crippen molar-refractivity contribution in [3.63, 3.8) is 0 Å². The second-order valence-electron chi connectivity index (χ2n) is 1.96. The molecule has 4 heteroatoms. The average Bonchev–Trinajstić information content (AvgIpc) is 2.14. The van der Waals surface area contributed by atoms with E-state index in [1.165, 1.54) is 0 Å². The molecule has 1 aromatic heterocycles. The summed E-state index contributed by atoms with van der Waals surface area (Å²) in [6.07, 6.45) is 0. The fourth-order valence-corrected chi connectivity index (χ4v) is 1.17. The normalized spacial score (nSPS) is 9.80. The molecular formula is C6H7IN2O. The quantitative estimate of drug-likeness (QED) is 0.734. The van der Waals surface area contributed by atoms with Gasteiger partial charge in [0.2, 0.25) is 0 Å².